The lowest BCUT2D eigenvalue weighted by Crippen LogP contribution is -2.60. The van der Waals surface area contributed by atoms with Crippen LogP contribution < -0.4 is 10.6 Å². The van der Waals surface area contributed by atoms with E-state index in [1.54, 1.807) is 6.20 Å². The lowest BCUT2D eigenvalue weighted by Gasteiger charge is -2.33. The molecule has 0 saturated heterocycles. The van der Waals surface area contributed by atoms with Crippen molar-refractivity contribution < 1.29 is 23.9 Å². The standard InChI is InChI=1S/C37H37N3O5/c1-3-37(34(41)38-27(2)30-19-11-6-12-20-30,39-35(42)44-25-28-15-7-4-8-16-28)23-31-24-40(33-22-14-13-21-32(31)33)36(43)45-26-29-17-9-5-10-18-29/h4-22,24,27H,3,23,25-26H2,1-2H3,(H,38,41)(H,39,42)/t27-,37+/m0/s1. The van der Waals surface area contributed by atoms with E-state index >= 15 is 0 Å². The zero-order valence-corrected chi connectivity index (χ0v) is 25.4. The highest BCUT2D eigenvalue weighted by Gasteiger charge is 2.40. The molecule has 230 valence electrons. The number of fused-ring (bicyclic) bond motifs is 1. The number of amides is 2. The van der Waals surface area contributed by atoms with E-state index in [4.69, 9.17) is 9.47 Å². The van der Waals surface area contributed by atoms with Gasteiger partial charge in [-0.3, -0.25) is 9.36 Å². The molecule has 5 aromatic rings. The largest absolute Gasteiger partial charge is 0.445 e. The Bertz CT molecular complexity index is 1740. The monoisotopic (exact) mass is 603 g/mol. The summed E-state index contributed by atoms with van der Waals surface area (Å²) < 4.78 is 12.6. The fourth-order valence-corrected chi connectivity index (χ4v) is 5.33. The molecule has 8 nitrogen and oxygen atoms in total. The first-order valence-corrected chi connectivity index (χ1v) is 15.0. The van der Waals surface area contributed by atoms with E-state index in [9.17, 15) is 14.4 Å². The number of carbonyl (C=O) groups is 3. The quantitative estimate of drug-likeness (QED) is 0.165. The molecule has 1 heterocycles. The van der Waals surface area contributed by atoms with Gasteiger partial charge in [0, 0.05) is 18.0 Å². The third kappa shape index (κ3) is 7.59. The second-order valence-electron chi connectivity index (χ2n) is 11.0. The van der Waals surface area contributed by atoms with Crippen LogP contribution in [0.1, 0.15) is 48.6 Å². The molecular weight excluding hydrogens is 566 g/mol. The van der Waals surface area contributed by atoms with Crippen molar-refractivity contribution in [3.8, 4) is 0 Å². The molecule has 0 bridgehead atoms. The number of aromatic nitrogens is 1. The maximum Gasteiger partial charge on any atom is 0.418 e. The van der Waals surface area contributed by atoms with E-state index < -0.39 is 17.7 Å². The first-order chi connectivity index (χ1) is 21.9. The van der Waals surface area contributed by atoms with Crippen molar-refractivity contribution in [1.82, 2.24) is 15.2 Å². The molecule has 0 aliphatic rings. The maximum absolute atomic E-state index is 14.2. The number of benzene rings is 4. The van der Waals surface area contributed by atoms with Crippen LogP contribution in [0.5, 0.6) is 0 Å². The molecule has 2 atom stereocenters. The van der Waals surface area contributed by atoms with Gasteiger partial charge in [-0.05, 0) is 41.7 Å². The molecule has 0 radical (unpaired) electrons. The Morgan fingerprint density at radius 3 is 1.93 bits per heavy atom. The Hall–Kier alpha value is -5.37. The number of hydrogen-bond donors (Lipinski definition) is 2. The zero-order chi connectivity index (χ0) is 31.6. The van der Waals surface area contributed by atoms with Crippen LogP contribution in [0.25, 0.3) is 10.9 Å². The van der Waals surface area contributed by atoms with Crippen LogP contribution in [0.3, 0.4) is 0 Å². The lowest BCUT2D eigenvalue weighted by atomic mass is 9.86. The van der Waals surface area contributed by atoms with E-state index in [-0.39, 0.29) is 38.0 Å². The average molecular weight is 604 g/mol. The molecule has 0 aliphatic carbocycles. The van der Waals surface area contributed by atoms with Crippen LogP contribution in [0.4, 0.5) is 9.59 Å². The van der Waals surface area contributed by atoms with Crippen molar-refractivity contribution in [2.45, 2.75) is 51.5 Å². The van der Waals surface area contributed by atoms with E-state index in [0.29, 0.717) is 11.1 Å². The molecule has 1 aromatic heterocycles. The highest BCUT2D eigenvalue weighted by molar-refractivity contribution is 5.94. The van der Waals surface area contributed by atoms with Crippen molar-refractivity contribution in [3.05, 3.63) is 144 Å². The summed E-state index contributed by atoms with van der Waals surface area (Å²) in [6.07, 6.45) is 0.804. The Morgan fingerprint density at radius 2 is 1.31 bits per heavy atom. The first-order valence-electron chi connectivity index (χ1n) is 15.0. The van der Waals surface area contributed by atoms with Crippen LogP contribution in [0.2, 0.25) is 0 Å². The molecular formula is C37H37N3O5. The van der Waals surface area contributed by atoms with Crippen LogP contribution in [0, 0.1) is 0 Å². The summed E-state index contributed by atoms with van der Waals surface area (Å²) in [4.78, 5) is 40.7. The highest BCUT2D eigenvalue weighted by atomic mass is 16.6. The molecule has 2 N–H and O–H groups in total. The molecule has 0 saturated carbocycles. The van der Waals surface area contributed by atoms with Crippen molar-refractivity contribution in [2.75, 3.05) is 0 Å². The van der Waals surface area contributed by atoms with Gasteiger partial charge in [-0.25, -0.2) is 9.59 Å². The summed E-state index contributed by atoms with van der Waals surface area (Å²) in [5.74, 6) is -0.360. The van der Waals surface area contributed by atoms with Gasteiger partial charge in [0.25, 0.3) is 0 Å². The second-order valence-corrected chi connectivity index (χ2v) is 11.0. The fraction of sp³-hybridized carbons (Fsp3) is 0.216. The van der Waals surface area contributed by atoms with E-state index in [2.05, 4.69) is 10.6 Å². The number of alkyl carbamates (subject to hydrolysis) is 1. The SMILES string of the molecule is CC[C@](Cc1cn(C(=O)OCc2ccccc2)c2ccccc12)(NC(=O)OCc1ccccc1)C(=O)N[C@@H](C)c1ccccc1. The Balaban J connectivity index is 1.44. The Labute approximate surface area is 263 Å². The number of carbonyl (C=O) groups excluding carboxylic acids is 3. The smallest absolute Gasteiger partial charge is 0.418 e. The van der Waals surface area contributed by atoms with Crippen molar-refractivity contribution in [1.29, 1.82) is 0 Å². The normalized spacial score (nSPS) is 12.9. The van der Waals surface area contributed by atoms with E-state index in [1.165, 1.54) is 4.57 Å². The Kier molecular flexibility index (Phi) is 9.94. The molecule has 0 unspecified atom stereocenters. The fourth-order valence-electron chi connectivity index (χ4n) is 5.33. The lowest BCUT2D eigenvalue weighted by molar-refractivity contribution is -0.128. The van der Waals surface area contributed by atoms with Gasteiger partial charge >= 0.3 is 12.2 Å². The summed E-state index contributed by atoms with van der Waals surface area (Å²) in [5.41, 5.74) is 2.58. The third-order valence-electron chi connectivity index (χ3n) is 7.93. The number of rotatable bonds is 11. The van der Waals surface area contributed by atoms with Crippen LogP contribution in [0.15, 0.2) is 121 Å². The van der Waals surface area contributed by atoms with Crippen LogP contribution in [-0.4, -0.2) is 28.2 Å². The molecule has 4 aromatic carbocycles. The summed E-state index contributed by atoms with van der Waals surface area (Å²) in [6, 6.07) is 35.5. The van der Waals surface area contributed by atoms with Gasteiger partial charge in [-0.1, -0.05) is 116 Å². The minimum absolute atomic E-state index is 0.0566. The number of para-hydroxylation sites is 1. The molecule has 2 amide bonds. The van der Waals surface area contributed by atoms with E-state index in [0.717, 1.165) is 22.1 Å². The Morgan fingerprint density at radius 1 is 0.756 bits per heavy atom. The van der Waals surface area contributed by atoms with Crippen molar-refractivity contribution in [2.24, 2.45) is 0 Å². The molecule has 0 spiro atoms. The molecule has 0 aliphatic heterocycles. The molecule has 0 fully saturated rings. The van der Waals surface area contributed by atoms with Crippen LogP contribution >= 0.6 is 0 Å². The maximum atomic E-state index is 14.2. The minimum atomic E-state index is -1.39. The number of hydrogen-bond acceptors (Lipinski definition) is 5. The van der Waals surface area contributed by atoms with Gasteiger partial charge in [0.2, 0.25) is 5.91 Å². The third-order valence-corrected chi connectivity index (χ3v) is 7.93. The van der Waals surface area contributed by atoms with Gasteiger partial charge in [-0.15, -0.1) is 0 Å². The second kappa shape index (κ2) is 14.4. The highest BCUT2D eigenvalue weighted by Crippen LogP contribution is 2.28. The molecule has 5 rings (SSSR count). The predicted octanol–water partition coefficient (Wildman–Crippen LogP) is 7.32. The van der Waals surface area contributed by atoms with Gasteiger partial charge in [-0.2, -0.15) is 0 Å². The molecule has 45 heavy (non-hydrogen) atoms. The molecule has 8 heteroatoms. The van der Waals surface area contributed by atoms with Crippen molar-refractivity contribution >= 4 is 29.0 Å². The van der Waals surface area contributed by atoms with Gasteiger partial charge in [0.05, 0.1) is 11.6 Å². The van der Waals surface area contributed by atoms with Gasteiger partial charge < -0.3 is 20.1 Å². The van der Waals surface area contributed by atoms with E-state index in [1.807, 2.05) is 129 Å². The number of nitrogens with zero attached hydrogens (tertiary/aromatic N) is 1. The summed E-state index contributed by atoms with van der Waals surface area (Å²) in [6.45, 7) is 3.92. The number of ether oxygens (including phenoxy) is 2. The van der Waals surface area contributed by atoms with Crippen LogP contribution in [-0.2, 0) is 33.9 Å². The summed E-state index contributed by atoms with van der Waals surface area (Å²) in [7, 11) is 0. The minimum Gasteiger partial charge on any atom is -0.445 e. The number of nitrogens with one attached hydrogen (secondary N) is 2. The van der Waals surface area contributed by atoms with Gasteiger partial charge in [0.15, 0.2) is 0 Å². The average Bonchev–Trinajstić information content (AvgIpc) is 3.45. The summed E-state index contributed by atoms with van der Waals surface area (Å²) >= 11 is 0. The predicted molar refractivity (Wildman–Crippen MR) is 173 cm³/mol. The van der Waals surface area contributed by atoms with Crippen molar-refractivity contribution in [3.63, 3.8) is 0 Å². The van der Waals surface area contributed by atoms with Gasteiger partial charge in [0.1, 0.15) is 18.8 Å². The summed E-state index contributed by atoms with van der Waals surface area (Å²) in [5, 5.41) is 6.78. The zero-order valence-electron chi connectivity index (χ0n) is 25.4. The topological polar surface area (TPSA) is 98.7 Å². The first kappa shape index (κ1) is 31.1.